The number of allylic oxidation sites excluding steroid dienone is 2. The Morgan fingerprint density at radius 1 is 1.48 bits per heavy atom. The monoisotopic (exact) mass is 389 g/mol. The van der Waals surface area contributed by atoms with Gasteiger partial charge in [-0.25, -0.2) is 0 Å². The van der Waals surface area contributed by atoms with E-state index in [0.29, 0.717) is 6.54 Å². The number of hydrogen-bond acceptors (Lipinski definition) is 4. The van der Waals surface area contributed by atoms with Crippen molar-refractivity contribution in [2.45, 2.75) is 6.54 Å². The van der Waals surface area contributed by atoms with Gasteiger partial charge in [-0.15, -0.1) is 6.58 Å². The first-order valence-electron chi connectivity index (χ1n) is 6.74. The largest absolute Gasteiger partial charge is 0.494 e. The van der Waals surface area contributed by atoms with Crippen LogP contribution in [-0.2, 0) is 6.54 Å². The number of aromatic hydroxyl groups is 1. The second-order valence-electron chi connectivity index (χ2n) is 4.92. The summed E-state index contributed by atoms with van der Waals surface area (Å²) in [7, 11) is 0. The van der Waals surface area contributed by atoms with Gasteiger partial charge in [0.25, 0.3) is 5.56 Å². The van der Waals surface area contributed by atoms with Crippen LogP contribution in [-0.4, -0.2) is 20.9 Å². The third-order valence-corrected chi connectivity index (χ3v) is 4.25. The maximum Gasteiger partial charge on any atom is 0.262 e. The Kier molecular flexibility index (Phi) is 4.14. The molecule has 0 radical (unpaired) electrons. The Bertz CT molecular complexity index is 986. The van der Waals surface area contributed by atoms with Gasteiger partial charge in [-0.1, -0.05) is 22.0 Å². The van der Waals surface area contributed by atoms with Crippen LogP contribution in [0.2, 0.25) is 0 Å². The molecule has 0 unspecified atom stereocenters. The van der Waals surface area contributed by atoms with Crippen LogP contribution in [0.25, 0.3) is 11.6 Å². The fraction of sp³-hybridized carbons (Fsp3) is 0.0625. The first kappa shape index (κ1) is 15.6. The number of fused-ring (bicyclic) bond motifs is 1. The maximum absolute atomic E-state index is 12.2. The van der Waals surface area contributed by atoms with Crippen molar-refractivity contribution in [3.63, 3.8) is 0 Å². The van der Waals surface area contributed by atoms with Gasteiger partial charge in [0, 0.05) is 28.4 Å². The van der Waals surface area contributed by atoms with Gasteiger partial charge >= 0.3 is 0 Å². The minimum Gasteiger partial charge on any atom is -0.494 e. The van der Waals surface area contributed by atoms with Crippen LogP contribution in [0, 0.1) is 4.77 Å². The highest BCUT2D eigenvalue weighted by atomic mass is 79.9. The molecular formula is C16H12BrN3O2S. The zero-order chi connectivity index (χ0) is 16.6. The number of benzene rings is 1. The van der Waals surface area contributed by atoms with Crippen molar-refractivity contribution in [3.8, 4) is 5.88 Å². The summed E-state index contributed by atoms with van der Waals surface area (Å²) in [5.74, 6) is -0.192. The number of aromatic nitrogens is 2. The van der Waals surface area contributed by atoms with E-state index in [1.165, 1.54) is 4.57 Å². The van der Waals surface area contributed by atoms with Gasteiger partial charge in [0.15, 0.2) is 4.77 Å². The lowest BCUT2D eigenvalue weighted by Crippen LogP contribution is -2.16. The van der Waals surface area contributed by atoms with Gasteiger partial charge in [-0.2, -0.15) is 0 Å². The summed E-state index contributed by atoms with van der Waals surface area (Å²) in [6.07, 6.45) is 4.86. The average Bonchev–Trinajstić information content (AvgIpc) is 2.90. The quantitative estimate of drug-likeness (QED) is 0.619. The predicted octanol–water partition coefficient (Wildman–Crippen LogP) is 3.82. The molecule has 5 nitrogen and oxygen atoms in total. The Morgan fingerprint density at radius 2 is 2.26 bits per heavy atom. The van der Waals surface area contributed by atoms with Crippen molar-refractivity contribution in [2.24, 2.45) is 4.99 Å². The van der Waals surface area contributed by atoms with E-state index in [-0.39, 0.29) is 16.2 Å². The average molecular weight is 390 g/mol. The van der Waals surface area contributed by atoms with Crippen LogP contribution in [0.1, 0.15) is 11.1 Å². The summed E-state index contributed by atoms with van der Waals surface area (Å²) in [6.45, 7) is 3.92. The lowest BCUT2D eigenvalue weighted by Gasteiger charge is -2.09. The van der Waals surface area contributed by atoms with Gasteiger partial charge in [-0.05, 0) is 36.5 Å². The number of halogens is 1. The number of rotatable bonds is 3. The summed E-state index contributed by atoms with van der Waals surface area (Å²) in [4.78, 5) is 19.0. The molecule has 3 rings (SSSR count). The van der Waals surface area contributed by atoms with Crippen molar-refractivity contribution >= 4 is 51.7 Å². The zero-order valence-corrected chi connectivity index (χ0v) is 14.3. The van der Waals surface area contributed by atoms with Crippen LogP contribution >= 0.6 is 28.1 Å². The molecule has 0 spiro atoms. The second-order valence-corrected chi connectivity index (χ2v) is 6.22. The lowest BCUT2D eigenvalue weighted by molar-refractivity contribution is 0.413. The summed E-state index contributed by atoms with van der Waals surface area (Å²) in [5, 5.41) is 10.4. The molecule has 1 aromatic heterocycles. The first-order valence-corrected chi connectivity index (χ1v) is 7.94. The Balaban J connectivity index is 2.19. The number of aliphatic imine (C=N–C) groups is 1. The molecule has 0 fully saturated rings. The minimum atomic E-state index is -0.447. The van der Waals surface area contributed by atoms with Gasteiger partial charge in [0.2, 0.25) is 5.88 Å². The number of H-pyrrole nitrogens is 1. The third kappa shape index (κ3) is 2.85. The highest BCUT2D eigenvalue weighted by Crippen LogP contribution is 2.35. The highest BCUT2D eigenvalue weighted by molar-refractivity contribution is 9.10. The summed E-state index contributed by atoms with van der Waals surface area (Å²) >= 11 is 8.48. The predicted molar refractivity (Wildman–Crippen MR) is 97.9 cm³/mol. The Labute approximate surface area is 145 Å². The van der Waals surface area contributed by atoms with E-state index in [2.05, 4.69) is 32.5 Å². The van der Waals surface area contributed by atoms with Crippen molar-refractivity contribution in [3.05, 3.63) is 61.6 Å². The molecule has 1 aliphatic rings. The summed E-state index contributed by atoms with van der Waals surface area (Å²) in [6, 6.07) is 5.69. The lowest BCUT2D eigenvalue weighted by atomic mass is 10.1. The van der Waals surface area contributed by atoms with Gasteiger partial charge < -0.3 is 5.11 Å². The fourth-order valence-corrected chi connectivity index (χ4v) is 2.95. The van der Waals surface area contributed by atoms with Crippen LogP contribution in [0.4, 0.5) is 5.69 Å². The molecule has 2 aromatic rings. The summed E-state index contributed by atoms with van der Waals surface area (Å²) < 4.78 is 2.47. The van der Waals surface area contributed by atoms with E-state index >= 15 is 0 Å². The number of hydrogen-bond donors (Lipinski definition) is 2. The Morgan fingerprint density at radius 3 is 3.00 bits per heavy atom. The standard InChI is InChI=1S/C16H12BrN3O2S/c1-2-5-20-15(22)12(14(21)19-16(20)23)6-9-8-18-13-4-3-10(17)7-11(9)13/h2-4,6-8,22H,1,5H2,(H,19,21,23). The third-order valence-electron chi connectivity index (χ3n) is 3.43. The van der Waals surface area contributed by atoms with Crippen molar-refractivity contribution in [1.29, 1.82) is 0 Å². The first-order chi connectivity index (χ1) is 11.0. The van der Waals surface area contributed by atoms with Gasteiger partial charge in [-0.3, -0.25) is 19.3 Å². The van der Waals surface area contributed by atoms with E-state index in [1.807, 2.05) is 18.2 Å². The van der Waals surface area contributed by atoms with Crippen molar-refractivity contribution in [1.82, 2.24) is 9.55 Å². The molecule has 2 heterocycles. The molecule has 0 aliphatic carbocycles. The minimum absolute atomic E-state index is 0.134. The topological polar surface area (TPSA) is 70.4 Å². The maximum atomic E-state index is 12.2. The van der Waals surface area contributed by atoms with E-state index in [4.69, 9.17) is 12.2 Å². The van der Waals surface area contributed by atoms with Crippen LogP contribution in [0.15, 0.2) is 45.1 Å². The molecule has 0 saturated carbocycles. The highest BCUT2D eigenvalue weighted by Gasteiger charge is 2.16. The molecule has 1 aromatic carbocycles. The molecule has 0 amide bonds. The second kappa shape index (κ2) is 6.10. The van der Waals surface area contributed by atoms with Crippen molar-refractivity contribution < 1.29 is 5.11 Å². The molecule has 0 bridgehead atoms. The smallest absolute Gasteiger partial charge is 0.262 e. The SMILES string of the molecule is C=CCn1c(O)c(C=C2C=Nc3ccc(Br)cc32)c(=O)[nH]c1=S. The van der Waals surface area contributed by atoms with E-state index in [0.717, 1.165) is 21.3 Å². The van der Waals surface area contributed by atoms with E-state index < -0.39 is 5.56 Å². The molecule has 0 atom stereocenters. The zero-order valence-electron chi connectivity index (χ0n) is 11.9. The number of aromatic amines is 1. The molecule has 23 heavy (non-hydrogen) atoms. The Hall–Kier alpha value is -2.25. The normalized spacial score (nSPS) is 14.2. The van der Waals surface area contributed by atoms with Gasteiger partial charge in [0.05, 0.1) is 5.69 Å². The van der Waals surface area contributed by atoms with E-state index in [9.17, 15) is 9.90 Å². The molecular weight excluding hydrogens is 378 g/mol. The van der Waals surface area contributed by atoms with Crippen LogP contribution < -0.4 is 5.56 Å². The molecule has 7 heteroatoms. The molecule has 2 N–H and O–H groups in total. The van der Waals surface area contributed by atoms with Gasteiger partial charge in [0.1, 0.15) is 5.56 Å². The summed E-state index contributed by atoms with van der Waals surface area (Å²) in [5.41, 5.74) is 2.13. The number of nitrogens with one attached hydrogen (secondary N) is 1. The molecule has 116 valence electrons. The van der Waals surface area contributed by atoms with E-state index in [1.54, 1.807) is 18.4 Å². The van der Waals surface area contributed by atoms with Crippen LogP contribution in [0.5, 0.6) is 5.88 Å². The molecule has 0 saturated heterocycles. The molecule has 1 aliphatic heterocycles. The number of nitrogens with zero attached hydrogens (tertiary/aromatic N) is 2. The van der Waals surface area contributed by atoms with Crippen molar-refractivity contribution in [2.75, 3.05) is 0 Å². The van der Waals surface area contributed by atoms with Crippen LogP contribution in [0.3, 0.4) is 0 Å². The fourth-order valence-electron chi connectivity index (χ4n) is 2.33.